The van der Waals surface area contributed by atoms with Crippen LogP contribution in [0.4, 0.5) is 4.39 Å². The van der Waals surface area contributed by atoms with Crippen LogP contribution in [0.2, 0.25) is 0 Å². The van der Waals surface area contributed by atoms with Gasteiger partial charge in [0.15, 0.2) is 5.44 Å². The highest BCUT2D eigenvalue weighted by atomic mass is 35.5. The Labute approximate surface area is 205 Å². The second-order valence-electron chi connectivity index (χ2n) is 8.34. The molecule has 1 unspecified atom stereocenters. The van der Waals surface area contributed by atoms with Crippen LogP contribution in [0, 0.1) is 0 Å². The van der Waals surface area contributed by atoms with Crippen molar-refractivity contribution in [3.05, 3.63) is 60.2 Å². The second-order valence-corrected chi connectivity index (χ2v) is 10.4. The SMILES string of the molecule is CC(C)c1nc2c(-c3ccc(S(=O)(=O)C4CNCCO4)cc3)cccc2n1C/C(F)=C/CN.Cl. The lowest BCUT2D eigenvalue weighted by atomic mass is 10.0. The number of rotatable bonds is 7. The number of benzene rings is 2. The number of imidazole rings is 1. The van der Waals surface area contributed by atoms with Gasteiger partial charge in [-0.2, -0.15) is 0 Å². The van der Waals surface area contributed by atoms with E-state index in [2.05, 4.69) is 5.32 Å². The van der Waals surface area contributed by atoms with Crippen LogP contribution >= 0.6 is 12.4 Å². The monoisotopic (exact) mass is 508 g/mol. The van der Waals surface area contributed by atoms with Crippen molar-refractivity contribution in [3.63, 3.8) is 0 Å². The molecule has 1 aliphatic heterocycles. The lowest BCUT2D eigenvalue weighted by Crippen LogP contribution is -2.42. The van der Waals surface area contributed by atoms with Crippen molar-refractivity contribution in [2.75, 3.05) is 26.2 Å². The Hall–Kier alpha value is -2.30. The maximum atomic E-state index is 14.3. The number of nitrogens with one attached hydrogen (secondary N) is 1. The second kappa shape index (κ2) is 11.0. The molecular formula is C24H30ClFN4O3S. The first kappa shape index (κ1) is 26.3. The van der Waals surface area contributed by atoms with Gasteiger partial charge in [-0.15, -0.1) is 12.4 Å². The van der Waals surface area contributed by atoms with Gasteiger partial charge in [-0.25, -0.2) is 17.8 Å². The maximum Gasteiger partial charge on any atom is 0.206 e. The Morgan fingerprint density at radius 2 is 2.03 bits per heavy atom. The molecule has 0 saturated carbocycles. The Morgan fingerprint density at radius 1 is 1.29 bits per heavy atom. The number of ether oxygens (including phenoxy) is 1. The minimum Gasteiger partial charge on any atom is -0.359 e. The van der Waals surface area contributed by atoms with Crippen molar-refractivity contribution < 1.29 is 17.5 Å². The number of halogens is 2. The lowest BCUT2D eigenvalue weighted by Gasteiger charge is -2.23. The molecule has 0 spiro atoms. The van der Waals surface area contributed by atoms with E-state index in [0.29, 0.717) is 13.2 Å². The molecule has 1 aromatic heterocycles. The van der Waals surface area contributed by atoms with Crippen LogP contribution < -0.4 is 11.1 Å². The predicted molar refractivity (Wildman–Crippen MR) is 135 cm³/mol. The molecule has 0 aliphatic carbocycles. The molecule has 0 amide bonds. The van der Waals surface area contributed by atoms with Crippen LogP contribution in [0.15, 0.2) is 59.3 Å². The number of sulfone groups is 1. The van der Waals surface area contributed by atoms with Gasteiger partial charge in [0.1, 0.15) is 11.7 Å². The summed E-state index contributed by atoms with van der Waals surface area (Å²) in [7, 11) is -3.60. The Balaban J connectivity index is 0.00000324. The number of allylic oxidation sites excluding steroid dienone is 1. The van der Waals surface area contributed by atoms with Crippen molar-refractivity contribution in [1.29, 1.82) is 0 Å². The van der Waals surface area contributed by atoms with E-state index in [4.69, 9.17) is 15.5 Å². The third-order valence-corrected chi connectivity index (χ3v) is 7.63. The topological polar surface area (TPSA) is 99.2 Å². The molecule has 1 fully saturated rings. The van der Waals surface area contributed by atoms with Gasteiger partial charge in [-0.1, -0.05) is 38.1 Å². The summed E-state index contributed by atoms with van der Waals surface area (Å²) in [5.41, 5.74) is 7.83. The van der Waals surface area contributed by atoms with Gasteiger partial charge in [0.2, 0.25) is 9.84 Å². The number of aromatic nitrogens is 2. The molecule has 2 heterocycles. The molecule has 0 radical (unpaired) electrons. The number of nitrogens with zero attached hydrogens (tertiary/aromatic N) is 2. The van der Waals surface area contributed by atoms with Crippen LogP contribution in [0.1, 0.15) is 25.6 Å². The van der Waals surface area contributed by atoms with Crippen molar-refractivity contribution >= 4 is 33.3 Å². The van der Waals surface area contributed by atoms with Crippen LogP contribution in [0.5, 0.6) is 0 Å². The molecule has 2 aromatic carbocycles. The van der Waals surface area contributed by atoms with E-state index in [1.165, 1.54) is 6.08 Å². The third-order valence-electron chi connectivity index (χ3n) is 5.71. The molecule has 1 atom stereocenters. The highest BCUT2D eigenvalue weighted by Gasteiger charge is 2.30. The molecule has 184 valence electrons. The summed E-state index contributed by atoms with van der Waals surface area (Å²) >= 11 is 0. The third kappa shape index (κ3) is 5.18. The van der Waals surface area contributed by atoms with Gasteiger partial charge in [-0.05, 0) is 29.8 Å². The summed E-state index contributed by atoms with van der Waals surface area (Å²) in [4.78, 5) is 5.05. The van der Waals surface area contributed by atoms with Crippen molar-refractivity contribution in [2.24, 2.45) is 5.73 Å². The van der Waals surface area contributed by atoms with E-state index >= 15 is 0 Å². The average molecular weight is 509 g/mol. The normalized spacial score (nSPS) is 17.2. The fraction of sp³-hybridized carbons (Fsp3) is 0.375. The van der Waals surface area contributed by atoms with E-state index in [1.807, 2.05) is 36.6 Å². The molecule has 1 aliphatic rings. The van der Waals surface area contributed by atoms with Crippen molar-refractivity contribution in [2.45, 2.75) is 36.6 Å². The van der Waals surface area contributed by atoms with Crippen LogP contribution in [-0.4, -0.2) is 49.6 Å². The van der Waals surface area contributed by atoms with Gasteiger partial charge < -0.3 is 20.4 Å². The first-order valence-electron chi connectivity index (χ1n) is 11.0. The van der Waals surface area contributed by atoms with E-state index < -0.39 is 15.3 Å². The van der Waals surface area contributed by atoms with E-state index in [1.54, 1.807) is 24.3 Å². The molecule has 1 saturated heterocycles. The number of fused-ring (bicyclic) bond motifs is 1. The standard InChI is InChI=1S/C24H29FN4O3S.ClH/c1-16(2)24-28-23-20(4-3-5-21(23)29(24)15-18(25)10-11-26)17-6-8-19(9-7-17)33(30,31)22-14-27-12-13-32-22;/h3-10,16,22,27H,11-15,26H2,1-2H3;1H/b18-10-;. The lowest BCUT2D eigenvalue weighted by molar-refractivity contribution is 0.0785. The summed E-state index contributed by atoms with van der Waals surface area (Å²) < 4.78 is 47.4. The summed E-state index contributed by atoms with van der Waals surface area (Å²) in [6.07, 6.45) is 1.37. The molecule has 4 rings (SSSR count). The predicted octanol–water partition coefficient (Wildman–Crippen LogP) is 3.78. The van der Waals surface area contributed by atoms with Crippen LogP contribution in [0.3, 0.4) is 0 Å². The minimum atomic E-state index is -3.60. The first-order valence-corrected chi connectivity index (χ1v) is 12.6. The number of morpholine rings is 1. The van der Waals surface area contributed by atoms with E-state index in [9.17, 15) is 12.8 Å². The van der Waals surface area contributed by atoms with Gasteiger partial charge in [0.25, 0.3) is 0 Å². The number of hydrogen-bond donors (Lipinski definition) is 2. The maximum absolute atomic E-state index is 14.3. The van der Waals surface area contributed by atoms with E-state index in [0.717, 1.165) is 28.0 Å². The molecule has 3 aromatic rings. The fourth-order valence-corrected chi connectivity index (χ4v) is 5.50. The number of hydrogen-bond acceptors (Lipinski definition) is 6. The molecule has 7 nitrogen and oxygen atoms in total. The molecule has 34 heavy (non-hydrogen) atoms. The summed E-state index contributed by atoms with van der Waals surface area (Å²) in [6.45, 7) is 5.52. The average Bonchev–Trinajstić information content (AvgIpc) is 3.18. The summed E-state index contributed by atoms with van der Waals surface area (Å²) in [6, 6.07) is 12.5. The van der Waals surface area contributed by atoms with E-state index in [-0.39, 0.29) is 48.7 Å². The van der Waals surface area contributed by atoms with Crippen molar-refractivity contribution in [3.8, 4) is 11.1 Å². The first-order chi connectivity index (χ1) is 15.8. The quantitative estimate of drug-likeness (QED) is 0.504. The van der Waals surface area contributed by atoms with Gasteiger partial charge in [0.05, 0.1) is 29.1 Å². The molecular weight excluding hydrogens is 479 g/mol. The summed E-state index contributed by atoms with van der Waals surface area (Å²) in [5, 5.41) is 3.05. The van der Waals surface area contributed by atoms with Crippen LogP contribution in [-0.2, 0) is 21.1 Å². The largest absolute Gasteiger partial charge is 0.359 e. The zero-order valence-electron chi connectivity index (χ0n) is 19.2. The zero-order chi connectivity index (χ0) is 23.6. The van der Waals surface area contributed by atoms with Crippen LogP contribution in [0.25, 0.3) is 22.2 Å². The smallest absolute Gasteiger partial charge is 0.206 e. The number of para-hydroxylation sites is 1. The van der Waals surface area contributed by atoms with Gasteiger partial charge in [-0.3, -0.25) is 0 Å². The fourth-order valence-electron chi connectivity index (χ4n) is 4.06. The van der Waals surface area contributed by atoms with Crippen molar-refractivity contribution in [1.82, 2.24) is 14.9 Å². The number of nitrogens with two attached hydrogens (primary N) is 1. The molecule has 10 heteroatoms. The minimum absolute atomic E-state index is 0. The Bertz CT molecular complexity index is 1270. The molecule has 3 N–H and O–H groups in total. The van der Waals surface area contributed by atoms with Gasteiger partial charge >= 0.3 is 0 Å². The van der Waals surface area contributed by atoms with Gasteiger partial charge in [0, 0.05) is 31.1 Å². The summed E-state index contributed by atoms with van der Waals surface area (Å²) in [5.74, 6) is 0.560. The highest BCUT2D eigenvalue weighted by molar-refractivity contribution is 7.92. The highest BCUT2D eigenvalue weighted by Crippen LogP contribution is 2.32. The zero-order valence-corrected chi connectivity index (χ0v) is 20.8. The Morgan fingerprint density at radius 3 is 2.65 bits per heavy atom. The molecule has 0 bridgehead atoms. The Kier molecular flexibility index (Phi) is 8.48.